The first-order chi connectivity index (χ1) is 12.5. The Balaban J connectivity index is 1.83. The van der Waals surface area contributed by atoms with E-state index >= 15 is 0 Å². The van der Waals surface area contributed by atoms with Crippen LogP contribution in [0.3, 0.4) is 0 Å². The summed E-state index contributed by atoms with van der Waals surface area (Å²) in [6.45, 7) is 0. The molecular formula is C17H18FN3O3S2. The van der Waals surface area contributed by atoms with E-state index < -0.39 is 21.8 Å². The maximum atomic E-state index is 13.1. The van der Waals surface area contributed by atoms with Crippen LogP contribution in [0.1, 0.15) is 31.2 Å². The Bertz CT molecular complexity index is 830. The Morgan fingerprint density at radius 2 is 2.04 bits per heavy atom. The largest absolute Gasteiger partial charge is 0.392 e. The summed E-state index contributed by atoms with van der Waals surface area (Å²) in [4.78, 5) is 22.6. The predicted molar refractivity (Wildman–Crippen MR) is 99.4 cm³/mol. The maximum absolute atomic E-state index is 13.1. The van der Waals surface area contributed by atoms with Crippen LogP contribution in [0.5, 0.6) is 0 Å². The number of carbonyl (C=O) groups excluding carboxylic acids is 1. The van der Waals surface area contributed by atoms with Crippen molar-refractivity contribution in [2.75, 3.05) is 11.6 Å². The summed E-state index contributed by atoms with van der Waals surface area (Å²) in [5, 5.41) is 6.25. The van der Waals surface area contributed by atoms with Crippen molar-refractivity contribution >= 4 is 38.9 Å². The van der Waals surface area contributed by atoms with Gasteiger partial charge in [-0.2, -0.15) is 4.39 Å². The Labute approximate surface area is 156 Å². The predicted octanol–water partition coefficient (Wildman–Crippen LogP) is 3.32. The van der Waals surface area contributed by atoms with E-state index in [1.165, 1.54) is 0 Å². The van der Waals surface area contributed by atoms with Crippen molar-refractivity contribution in [3.05, 3.63) is 41.2 Å². The van der Waals surface area contributed by atoms with E-state index in [-0.39, 0.29) is 16.9 Å². The lowest BCUT2D eigenvalue weighted by molar-refractivity contribution is -0.110. The van der Waals surface area contributed by atoms with Crippen molar-refractivity contribution < 1.29 is 18.2 Å². The van der Waals surface area contributed by atoms with Crippen LogP contribution in [0.25, 0.3) is 0 Å². The van der Waals surface area contributed by atoms with Gasteiger partial charge in [0, 0.05) is 27.5 Å². The molecule has 0 radical (unpaired) electrons. The van der Waals surface area contributed by atoms with E-state index in [1.54, 1.807) is 30.5 Å². The number of benzene rings is 1. The Morgan fingerprint density at radius 3 is 2.62 bits per heavy atom. The zero-order valence-corrected chi connectivity index (χ0v) is 15.7. The highest BCUT2D eigenvalue weighted by Crippen LogP contribution is 2.22. The summed E-state index contributed by atoms with van der Waals surface area (Å²) >= 11 is 0.733. The monoisotopic (exact) mass is 395 g/mol. The van der Waals surface area contributed by atoms with E-state index in [9.17, 15) is 13.4 Å². The molecule has 1 aliphatic rings. The van der Waals surface area contributed by atoms with Crippen LogP contribution in [0, 0.1) is 5.13 Å². The number of halogens is 1. The average Bonchev–Trinajstić information content (AvgIpc) is 3.27. The highest BCUT2D eigenvalue weighted by Gasteiger charge is 2.20. The lowest BCUT2D eigenvalue weighted by atomic mass is 10.1. The molecule has 0 saturated heterocycles. The van der Waals surface area contributed by atoms with E-state index in [1.807, 2.05) is 0 Å². The number of carbonyl (C=O) groups is 1. The summed E-state index contributed by atoms with van der Waals surface area (Å²) in [5.74, 6) is -0.539. The lowest BCUT2D eigenvalue weighted by Crippen LogP contribution is -2.25. The third kappa shape index (κ3) is 4.73. The first-order valence-electron chi connectivity index (χ1n) is 8.13. The molecule has 1 N–H and O–H groups in total. The van der Waals surface area contributed by atoms with Gasteiger partial charge in [-0.3, -0.25) is 14.3 Å². The third-order valence-corrected chi connectivity index (χ3v) is 5.61. The van der Waals surface area contributed by atoms with E-state index in [0.29, 0.717) is 10.5 Å². The molecule has 6 nitrogen and oxygen atoms in total. The van der Waals surface area contributed by atoms with E-state index in [2.05, 4.69) is 15.5 Å². The van der Waals surface area contributed by atoms with Crippen molar-refractivity contribution in [3.63, 3.8) is 0 Å². The molecule has 9 heteroatoms. The Morgan fingerprint density at radius 1 is 1.35 bits per heavy atom. The zero-order valence-electron chi connectivity index (χ0n) is 14.1. The highest BCUT2D eigenvalue weighted by atomic mass is 32.2. The second-order valence-corrected chi connectivity index (χ2v) is 8.21. The smallest absolute Gasteiger partial charge is 0.280 e. The maximum Gasteiger partial charge on any atom is 0.280 e. The summed E-state index contributed by atoms with van der Waals surface area (Å²) < 4.78 is 24.6. The van der Waals surface area contributed by atoms with Gasteiger partial charge in [0.25, 0.3) is 5.91 Å². The number of hydrogen-bond acceptors (Lipinski definition) is 6. The molecule has 0 aliphatic heterocycles. The van der Waals surface area contributed by atoms with Crippen molar-refractivity contribution in [3.8, 4) is 0 Å². The first kappa shape index (κ1) is 18.7. The number of oxime groups is 1. The topological polar surface area (TPSA) is 80.6 Å². The minimum atomic E-state index is -1.12. The number of amides is 1. The fourth-order valence-corrected chi connectivity index (χ4v) is 3.68. The molecule has 3 rings (SSSR count). The summed E-state index contributed by atoms with van der Waals surface area (Å²) in [5.41, 5.74) is 0.590. The Kier molecular flexibility index (Phi) is 6.10. The van der Waals surface area contributed by atoms with Gasteiger partial charge in [0.1, 0.15) is 6.10 Å². The second kappa shape index (κ2) is 8.50. The lowest BCUT2D eigenvalue weighted by Gasteiger charge is -2.10. The molecule has 0 bridgehead atoms. The van der Waals surface area contributed by atoms with Crippen LogP contribution >= 0.6 is 11.3 Å². The normalized spacial score (nSPS) is 16.5. The van der Waals surface area contributed by atoms with Gasteiger partial charge in [-0.1, -0.05) is 28.6 Å². The summed E-state index contributed by atoms with van der Waals surface area (Å²) in [6.07, 6.45) is 6.59. The molecule has 2 aromatic rings. The quantitative estimate of drug-likeness (QED) is 0.601. The number of anilines is 1. The molecule has 26 heavy (non-hydrogen) atoms. The van der Waals surface area contributed by atoms with Gasteiger partial charge < -0.3 is 4.84 Å². The van der Waals surface area contributed by atoms with Crippen molar-refractivity contribution in [2.45, 2.75) is 36.7 Å². The van der Waals surface area contributed by atoms with E-state index in [0.717, 1.165) is 43.2 Å². The second-order valence-electron chi connectivity index (χ2n) is 5.85. The molecule has 1 unspecified atom stereocenters. The molecule has 1 heterocycles. The van der Waals surface area contributed by atoms with Gasteiger partial charge in [-0.25, -0.2) is 4.98 Å². The molecule has 1 saturated carbocycles. The number of nitrogens with one attached hydrogen (secondary N) is 1. The molecule has 1 amide bonds. The number of rotatable bonds is 6. The van der Waals surface area contributed by atoms with Crippen molar-refractivity contribution in [2.24, 2.45) is 5.16 Å². The highest BCUT2D eigenvalue weighted by molar-refractivity contribution is 7.84. The molecule has 1 aromatic carbocycles. The first-order valence-corrected chi connectivity index (χ1v) is 10.5. The Hall–Kier alpha value is -2.13. The number of thiazole rings is 1. The summed E-state index contributed by atoms with van der Waals surface area (Å²) in [7, 11) is -1.12. The fraction of sp³-hybridized carbons (Fsp3) is 0.353. The van der Waals surface area contributed by atoms with Crippen LogP contribution in [-0.2, 0) is 20.4 Å². The van der Waals surface area contributed by atoms with Gasteiger partial charge in [0.15, 0.2) is 16.0 Å². The van der Waals surface area contributed by atoms with Crippen molar-refractivity contribution in [1.82, 2.24) is 4.98 Å². The van der Waals surface area contributed by atoms with E-state index in [4.69, 9.17) is 4.84 Å². The van der Waals surface area contributed by atoms with Crippen LogP contribution in [-0.4, -0.2) is 33.2 Å². The SMILES string of the molecule is CS(=O)c1ccc(C(=NOC2CCCC2)C(=O)Nc2ncc(F)s2)cc1. The molecular weight excluding hydrogens is 377 g/mol. The van der Waals surface area contributed by atoms with Crippen LogP contribution in [0.15, 0.2) is 40.5 Å². The fourth-order valence-electron chi connectivity index (χ4n) is 2.62. The van der Waals surface area contributed by atoms with Crippen LogP contribution in [0.4, 0.5) is 9.52 Å². The van der Waals surface area contributed by atoms with Gasteiger partial charge in [-0.05, 0) is 37.8 Å². The minimum Gasteiger partial charge on any atom is -0.392 e. The molecule has 1 aromatic heterocycles. The molecule has 0 spiro atoms. The van der Waals surface area contributed by atoms with Gasteiger partial charge >= 0.3 is 0 Å². The molecule has 1 aliphatic carbocycles. The average molecular weight is 395 g/mol. The third-order valence-electron chi connectivity index (χ3n) is 3.97. The van der Waals surface area contributed by atoms with Crippen LogP contribution in [0.2, 0.25) is 0 Å². The number of hydrogen-bond donors (Lipinski definition) is 1. The summed E-state index contributed by atoms with van der Waals surface area (Å²) in [6, 6.07) is 6.67. The van der Waals surface area contributed by atoms with Crippen LogP contribution < -0.4 is 5.32 Å². The van der Waals surface area contributed by atoms with Crippen molar-refractivity contribution in [1.29, 1.82) is 0 Å². The minimum absolute atomic E-state index is 0.00229. The number of nitrogens with zero attached hydrogens (tertiary/aromatic N) is 2. The zero-order chi connectivity index (χ0) is 18.5. The van der Waals surface area contributed by atoms with Gasteiger partial charge in [-0.15, -0.1) is 0 Å². The molecule has 1 fully saturated rings. The molecule has 1 atom stereocenters. The standard InChI is InChI=1S/C17H18FN3O3S2/c1-26(23)13-8-6-11(7-9-13)15(21-24-12-4-2-3-5-12)16(22)20-17-19-10-14(18)25-17/h6-10,12H,2-5H2,1H3,(H,19,20,22). The van der Waals surface area contributed by atoms with Gasteiger partial charge in [0.2, 0.25) is 0 Å². The number of aromatic nitrogens is 1. The van der Waals surface area contributed by atoms with Gasteiger partial charge in [0.05, 0.1) is 6.20 Å². The molecule has 138 valence electrons.